The van der Waals surface area contributed by atoms with E-state index in [1.165, 1.54) is 16.4 Å². The van der Waals surface area contributed by atoms with Crippen molar-refractivity contribution in [3.8, 4) is 0 Å². The normalized spacial score (nSPS) is 17.3. The van der Waals surface area contributed by atoms with E-state index in [2.05, 4.69) is 0 Å². The van der Waals surface area contributed by atoms with Gasteiger partial charge < -0.3 is 0 Å². The van der Waals surface area contributed by atoms with Gasteiger partial charge in [0.2, 0.25) is 0 Å². The molecule has 0 bridgehead atoms. The molecule has 1 heterocycles. The standard InChI is InChI=1S/C10H11ClN2O4S2/c11-8-2-1-3-9(13(14)15)10(8)19(16,17)12-4-6-18-7-5-12/h1-3H,4-7H2. The molecule has 0 unspecified atom stereocenters. The number of rotatable bonds is 3. The van der Waals surface area contributed by atoms with Crippen molar-refractivity contribution in [1.29, 1.82) is 0 Å². The van der Waals surface area contributed by atoms with Crippen LogP contribution in [0, 0.1) is 10.1 Å². The quantitative estimate of drug-likeness (QED) is 0.628. The Morgan fingerprint density at radius 3 is 2.53 bits per heavy atom. The van der Waals surface area contributed by atoms with Crippen LogP contribution < -0.4 is 0 Å². The van der Waals surface area contributed by atoms with Crippen LogP contribution in [-0.4, -0.2) is 42.2 Å². The summed E-state index contributed by atoms with van der Waals surface area (Å²) < 4.78 is 26.2. The van der Waals surface area contributed by atoms with Gasteiger partial charge in [-0.15, -0.1) is 0 Å². The van der Waals surface area contributed by atoms with Crippen molar-refractivity contribution in [1.82, 2.24) is 4.31 Å². The summed E-state index contributed by atoms with van der Waals surface area (Å²) in [4.78, 5) is 9.83. The third kappa shape index (κ3) is 2.86. The molecule has 0 amide bonds. The fraction of sp³-hybridized carbons (Fsp3) is 0.400. The van der Waals surface area contributed by atoms with Gasteiger partial charge in [-0.3, -0.25) is 10.1 Å². The van der Waals surface area contributed by atoms with Gasteiger partial charge in [0.1, 0.15) is 0 Å². The second-order valence-electron chi connectivity index (χ2n) is 3.86. The van der Waals surface area contributed by atoms with Gasteiger partial charge in [-0.05, 0) is 6.07 Å². The van der Waals surface area contributed by atoms with Crippen molar-refractivity contribution < 1.29 is 13.3 Å². The fourth-order valence-electron chi connectivity index (χ4n) is 1.81. The molecule has 0 aromatic heterocycles. The summed E-state index contributed by atoms with van der Waals surface area (Å²) >= 11 is 7.51. The fourth-order valence-corrected chi connectivity index (χ4v) is 5.05. The van der Waals surface area contributed by atoms with E-state index in [4.69, 9.17) is 11.6 Å². The van der Waals surface area contributed by atoms with Gasteiger partial charge in [0.05, 0.1) is 9.95 Å². The van der Waals surface area contributed by atoms with E-state index in [9.17, 15) is 18.5 Å². The highest BCUT2D eigenvalue weighted by molar-refractivity contribution is 7.99. The van der Waals surface area contributed by atoms with Crippen LogP contribution >= 0.6 is 23.4 Å². The Bertz CT molecular complexity index is 600. The Balaban J connectivity index is 2.53. The highest BCUT2D eigenvalue weighted by Crippen LogP contribution is 2.33. The van der Waals surface area contributed by atoms with Gasteiger partial charge in [0.25, 0.3) is 15.7 Å². The molecule has 9 heteroatoms. The van der Waals surface area contributed by atoms with Crippen molar-refractivity contribution in [2.75, 3.05) is 24.6 Å². The first-order valence-electron chi connectivity index (χ1n) is 5.45. The number of hydrogen-bond donors (Lipinski definition) is 0. The lowest BCUT2D eigenvalue weighted by Gasteiger charge is -2.25. The van der Waals surface area contributed by atoms with Gasteiger partial charge in [0.15, 0.2) is 4.90 Å². The lowest BCUT2D eigenvalue weighted by atomic mass is 10.3. The first-order chi connectivity index (χ1) is 8.94. The molecule has 0 aliphatic carbocycles. The van der Waals surface area contributed by atoms with E-state index < -0.39 is 25.5 Å². The molecular weight excluding hydrogens is 312 g/mol. The summed E-state index contributed by atoms with van der Waals surface area (Å²) in [7, 11) is -3.92. The summed E-state index contributed by atoms with van der Waals surface area (Å²) in [5.74, 6) is 1.36. The maximum atomic E-state index is 12.5. The zero-order valence-electron chi connectivity index (χ0n) is 9.78. The monoisotopic (exact) mass is 322 g/mol. The second kappa shape index (κ2) is 5.66. The van der Waals surface area contributed by atoms with E-state index in [1.54, 1.807) is 11.8 Å². The van der Waals surface area contributed by atoms with Gasteiger partial charge in [-0.25, -0.2) is 8.42 Å². The number of hydrogen-bond acceptors (Lipinski definition) is 5. The molecule has 0 radical (unpaired) electrons. The lowest BCUT2D eigenvalue weighted by molar-refractivity contribution is -0.387. The van der Waals surface area contributed by atoms with Crippen molar-refractivity contribution in [3.05, 3.63) is 33.3 Å². The lowest BCUT2D eigenvalue weighted by Crippen LogP contribution is -2.38. The van der Waals surface area contributed by atoms with Crippen molar-refractivity contribution in [3.63, 3.8) is 0 Å². The number of nitro benzene ring substituents is 1. The van der Waals surface area contributed by atoms with Gasteiger partial charge in [-0.1, -0.05) is 17.7 Å². The van der Waals surface area contributed by atoms with Crippen LogP contribution in [0.1, 0.15) is 0 Å². The molecule has 104 valence electrons. The van der Waals surface area contributed by atoms with Crippen LogP contribution in [0.3, 0.4) is 0 Å². The number of nitrogens with zero attached hydrogens (tertiary/aromatic N) is 2. The van der Waals surface area contributed by atoms with E-state index >= 15 is 0 Å². The molecule has 0 saturated carbocycles. The van der Waals surface area contributed by atoms with E-state index in [0.29, 0.717) is 24.6 Å². The molecule has 1 aromatic rings. The highest BCUT2D eigenvalue weighted by atomic mass is 35.5. The average molecular weight is 323 g/mol. The summed E-state index contributed by atoms with van der Waals surface area (Å²) in [5, 5.41) is 10.8. The SMILES string of the molecule is O=[N+]([O-])c1cccc(Cl)c1S(=O)(=O)N1CCSCC1. The summed E-state index contributed by atoms with van der Waals surface area (Å²) in [6.45, 7) is 0.685. The van der Waals surface area contributed by atoms with Gasteiger partial charge >= 0.3 is 0 Å². The maximum absolute atomic E-state index is 12.5. The average Bonchev–Trinajstić information content (AvgIpc) is 2.39. The Morgan fingerprint density at radius 1 is 1.32 bits per heavy atom. The molecule has 19 heavy (non-hydrogen) atoms. The molecule has 6 nitrogen and oxygen atoms in total. The minimum atomic E-state index is -3.92. The summed E-state index contributed by atoms with van der Waals surface area (Å²) in [6.07, 6.45) is 0. The topological polar surface area (TPSA) is 80.5 Å². The van der Waals surface area contributed by atoms with Gasteiger partial charge in [-0.2, -0.15) is 16.1 Å². The van der Waals surface area contributed by atoms with E-state index in [-0.39, 0.29) is 5.02 Å². The molecule has 1 aromatic carbocycles. The van der Waals surface area contributed by atoms with Crippen molar-refractivity contribution in [2.45, 2.75) is 4.90 Å². The first-order valence-corrected chi connectivity index (χ1v) is 8.42. The maximum Gasteiger partial charge on any atom is 0.290 e. The first kappa shape index (κ1) is 14.6. The predicted molar refractivity (Wildman–Crippen MR) is 74.2 cm³/mol. The second-order valence-corrected chi connectivity index (χ2v) is 7.37. The smallest absolute Gasteiger partial charge is 0.258 e. The minimum absolute atomic E-state index is 0.118. The predicted octanol–water partition coefficient (Wildman–Crippen LogP) is 1.99. The van der Waals surface area contributed by atoms with Crippen LogP contribution in [-0.2, 0) is 10.0 Å². The number of benzene rings is 1. The molecule has 0 N–H and O–H groups in total. The highest BCUT2D eigenvalue weighted by Gasteiger charge is 2.34. The molecule has 1 fully saturated rings. The zero-order valence-corrected chi connectivity index (χ0v) is 12.2. The van der Waals surface area contributed by atoms with Crippen LogP contribution in [0.25, 0.3) is 0 Å². The Hall–Kier alpha value is -0.830. The summed E-state index contributed by atoms with van der Waals surface area (Å²) in [5.41, 5.74) is -0.481. The van der Waals surface area contributed by atoms with Crippen LogP contribution in [0.4, 0.5) is 5.69 Å². The number of halogens is 1. The third-order valence-corrected chi connectivity index (χ3v) is 6.07. The molecular formula is C10H11ClN2O4S2. The molecule has 0 atom stereocenters. The van der Waals surface area contributed by atoms with E-state index in [0.717, 1.165) is 6.07 Å². The molecule has 2 rings (SSSR count). The third-order valence-electron chi connectivity index (χ3n) is 2.71. The number of thioether (sulfide) groups is 1. The number of nitro groups is 1. The van der Waals surface area contributed by atoms with Crippen LogP contribution in [0.2, 0.25) is 5.02 Å². The van der Waals surface area contributed by atoms with Gasteiger partial charge in [0, 0.05) is 30.7 Å². The molecule has 1 aliphatic rings. The van der Waals surface area contributed by atoms with Crippen molar-refractivity contribution in [2.24, 2.45) is 0 Å². The Kier molecular flexibility index (Phi) is 4.34. The van der Waals surface area contributed by atoms with Crippen LogP contribution in [0.5, 0.6) is 0 Å². The molecule has 1 aliphatic heterocycles. The van der Waals surface area contributed by atoms with Crippen molar-refractivity contribution >= 4 is 39.1 Å². The summed E-state index contributed by atoms with van der Waals surface area (Å²) in [6, 6.07) is 3.86. The molecule has 0 spiro atoms. The van der Waals surface area contributed by atoms with E-state index in [1.807, 2.05) is 0 Å². The zero-order chi connectivity index (χ0) is 14.0. The largest absolute Gasteiger partial charge is 0.290 e. The minimum Gasteiger partial charge on any atom is -0.258 e. The Labute approximate surface area is 119 Å². The van der Waals surface area contributed by atoms with Crippen LogP contribution in [0.15, 0.2) is 23.1 Å². The molecule has 1 saturated heterocycles. The number of sulfonamides is 1. The Morgan fingerprint density at radius 2 is 1.95 bits per heavy atom.